The van der Waals surface area contributed by atoms with Crippen molar-refractivity contribution in [3.8, 4) is 0 Å². The van der Waals surface area contributed by atoms with E-state index in [1.807, 2.05) is 36.3 Å². The number of piperazine rings is 1. The Labute approximate surface area is 195 Å². The molecule has 0 saturated carbocycles. The lowest BCUT2D eigenvalue weighted by molar-refractivity contribution is -0.120. The van der Waals surface area contributed by atoms with Crippen LogP contribution in [0.4, 0.5) is 5.69 Å². The van der Waals surface area contributed by atoms with Crippen molar-refractivity contribution in [1.82, 2.24) is 20.0 Å². The Balaban J connectivity index is 0.00000320. The molecule has 1 fully saturated rings. The Morgan fingerprint density at radius 3 is 2.70 bits per heavy atom. The van der Waals surface area contributed by atoms with E-state index in [1.54, 1.807) is 22.8 Å². The van der Waals surface area contributed by atoms with Crippen molar-refractivity contribution in [2.75, 3.05) is 51.3 Å². The minimum absolute atomic E-state index is 0. The van der Waals surface area contributed by atoms with Gasteiger partial charge in [0, 0.05) is 46.5 Å². The molecule has 2 heterocycles. The molecule has 0 atom stereocenters. The summed E-state index contributed by atoms with van der Waals surface area (Å²) < 4.78 is 7.42. The number of nitrogens with zero attached hydrogens (tertiary/aromatic N) is 5. The van der Waals surface area contributed by atoms with E-state index in [2.05, 4.69) is 27.5 Å². The van der Waals surface area contributed by atoms with Crippen LogP contribution in [0.2, 0.25) is 0 Å². The van der Waals surface area contributed by atoms with E-state index >= 15 is 0 Å². The number of hydrogen-bond donors (Lipinski definition) is 1. The predicted molar refractivity (Wildman–Crippen MR) is 129 cm³/mol. The summed E-state index contributed by atoms with van der Waals surface area (Å²) in [6, 6.07) is 10.3. The van der Waals surface area contributed by atoms with Gasteiger partial charge in [-0.15, -0.1) is 24.0 Å². The number of aliphatic imine (C=N–C) groups is 1. The molecule has 0 unspecified atom stereocenters. The van der Waals surface area contributed by atoms with Crippen LogP contribution in [0.1, 0.15) is 12.0 Å². The highest BCUT2D eigenvalue weighted by Crippen LogP contribution is 2.16. The van der Waals surface area contributed by atoms with Crippen LogP contribution in [0.15, 0.2) is 47.7 Å². The fourth-order valence-corrected chi connectivity index (χ4v) is 3.32. The number of benzene rings is 1. The number of aryl methyl sites for hydroxylation is 1. The van der Waals surface area contributed by atoms with Gasteiger partial charge in [-0.3, -0.25) is 14.5 Å². The topological polar surface area (TPSA) is 75.0 Å². The molecule has 1 aromatic carbocycles. The van der Waals surface area contributed by atoms with Gasteiger partial charge in [0.2, 0.25) is 5.91 Å². The molecule has 164 valence electrons. The molecule has 1 amide bonds. The first-order valence-electron chi connectivity index (χ1n) is 10.0. The van der Waals surface area contributed by atoms with Gasteiger partial charge in [-0.2, -0.15) is 5.10 Å². The summed E-state index contributed by atoms with van der Waals surface area (Å²) in [6.07, 6.45) is 5.40. The summed E-state index contributed by atoms with van der Waals surface area (Å²) in [5.41, 5.74) is 2.13. The molecule has 1 saturated heterocycles. The maximum atomic E-state index is 12.5. The molecule has 1 N–H and O–H groups in total. The van der Waals surface area contributed by atoms with Crippen molar-refractivity contribution in [3.63, 3.8) is 0 Å². The molecule has 0 radical (unpaired) electrons. The van der Waals surface area contributed by atoms with Crippen LogP contribution in [-0.2, 0) is 23.0 Å². The van der Waals surface area contributed by atoms with E-state index in [-0.39, 0.29) is 29.9 Å². The number of anilines is 1. The van der Waals surface area contributed by atoms with Crippen molar-refractivity contribution >= 4 is 41.5 Å². The summed E-state index contributed by atoms with van der Waals surface area (Å²) in [4.78, 5) is 20.6. The molecule has 0 spiro atoms. The van der Waals surface area contributed by atoms with Crippen molar-refractivity contribution in [3.05, 3.63) is 48.3 Å². The van der Waals surface area contributed by atoms with Crippen LogP contribution < -0.4 is 10.2 Å². The van der Waals surface area contributed by atoms with Gasteiger partial charge in [0.05, 0.1) is 18.5 Å². The van der Waals surface area contributed by atoms with Crippen LogP contribution >= 0.6 is 24.0 Å². The molecule has 8 nitrogen and oxygen atoms in total. The SMILES string of the molecule is CN=C(NCCCOCCc1ccccc1)N1CCN(c2cnn(C)c2)C(=O)C1.I. The highest BCUT2D eigenvalue weighted by molar-refractivity contribution is 14.0. The van der Waals surface area contributed by atoms with Gasteiger partial charge in [-0.05, 0) is 18.4 Å². The van der Waals surface area contributed by atoms with E-state index in [4.69, 9.17) is 4.74 Å². The molecular formula is C21H31IN6O2. The van der Waals surface area contributed by atoms with Gasteiger partial charge in [0.15, 0.2) is 5.96 Å². The van der Waals surface area contributed by atoms with E-state index in [9.17, 15) is 4.79 Å². The van der Waals surface area contributed by atoms with Crippen molar-refractivity contribution in [2.45, 2.75) is 12.8 Å². The molecule has 9 heteroatoms. The minimum atomic E-state index is 0. The predicted octanol–water partition coefficient (Wildman–Crippen LogP) is 1.91. The maximum Gasteiger partial charge on any atom is 0.246 e. The molecule has 0 bridgehead atoms. The second-order valence-electron chi connectivity index (χ2n) is 7.01. The number of guanidine groups is 1. The number of hydrogen-bond acceptors (Lipinski definition) is 4. The zero-order chi connectivity index (χ0) is 20.5. The normalized spacial score (nSPS) is 14.6. The van der Waals surface area contributed by atoms with Crippen LogP contribution in [-0.4, -0.2) is 73.0 Å². The average molecular weight is 526 g/mol. The lowest BCUT2D eigenvalue weighted by Gasteiger charge is -2.35. The van der Waals surface area contributed by atoms with Crippen molar-refractivity contribution in [2.24, 2.45) is 12.0 Å². The van der Waals surface area contributed by atoms with Crippen LogP contribution in [0, 0.1) is 0 Å². The summed E-state index contributed by atoms with van der Waals surface area (Å²) in [5.74, 6) is 0.810. The van der Waals surface area contributed by atoms with Gasteiger partial charge >= 0.3 is 0 Å². The molecular weight excluding hydrogens is 495 g/mol. The van der Waals surface area contributed by atoms with Crippen LogP contribution in [0.25, 0.3) is 0 Å². The molecule has 1 aliphatic heterocycles. The molecule has 0 aliphatic carbocycles. The summed E-state index contributed by atoms with van der Waals surface area (Å²) in [5, 5.41) is 7.48. The van der Waals surface area contributed by atoms with Gasteiger partial charge in [-0.25, -0.2) is 0 Å². The zero-order valence-corrected chi connectivity index (χ0v) is 20.0. The highest BCUT2D eigenvalue weighted by Gasteiger charge is 2.27. The van der Waals surface area contributed by atoms with Gasteiger partial charge < -0.3 is 19.9 Å². The lowest BCUT2D eigenvalue weighted by Crippen LogP contribution is -2.55. The molecule has 1 aliphatic rings. The monoisotopic (exact) mass is 526 g/mol. The van der Waals surface area contributed by atoms with E-state index < -0.39 is 0 Å². The quantitative estimate of drug-likeness (QED) is 0.246. The van der Waals surface area contributed by atoms with E-state index in [1.165, 1.54) is 5.56 Å². The van der Waals surface area contributed by atoms with Gasteiger partial charge in [-0.1, -0.05) is 30.3 Å². The summed E-state index contributed by atoms with van der Waals surface area (Å²) in [7, 11) is 3.60. The number of amides is 1. The third kappa shape index (κ3) is 6.98. The highest BCUT2D eigenvalue weighted by atomic mass is 127. The first-order chi connectivity index (χ1) is 14.2. The number of aromatic nitrogens is 2. The smallest absolute Gasteiger partial charge is 0.246 e. The number of carbonyl (C=O) groups is 1. The third-order valence-electron chi connectivity index (χ3n) is 4.86. The second kappa shape index (κ2) is 12.5. The summed E-state index contributed by atoms with van der Waals surface area (Å²) >= 11 is 0. The zero-order valence-electron chi connectivity index (χ0n) is 17.7. The molecule has 3 rings (SSSR count). The van der Waals surface area contributed by atoms with Crippen LogP contribution in [0.3, 0.4) is 0 Å². The standard InChI is InChI=1S/C21H30N6O2.HI/c1-22-21(23-10-6-13-29-14-9-18-7-4-3-5-8-18)26-11-12-27(20(28)17-26)19-15-24-25(2)16-19;/h3-5,7-8,15-16H,6,9-14,17H2,1-2H3,(H,22,23);1H. The van der Waals surface area contributed by atoms with Crippen molar-refractivity contribution in [1.29, 1.82) is 0 Å². The molecule has 30 heavy (non-hydrogen) atoms. The number of rotatable bonds is 8. The second-order valence-corrected chi connectivity index (χ2v) is 7.01. The Morgan fingerprint density at radius 2 is 2.03 bits per heavy atom. The largest absolute Gasteiger partial charge is 0.381 e. The van der Waals surface area contributed by atoms with Crippen molar-refractivity contribution < 1.29 is 9.53 Å². The maximum absolute atomic E-state index is 12.5. The number of carbonyl (C=O) groups excluding carboxylic acids is 1. The Kier molecular flexibility index (Phi) is 10.1. The number of nitrogens with one attached hydrogen (secondary N) is 1. The Bertz CT molecular complexity index is 811. The average Bonchev–Trinajstić information content (AvgIpc) is 3.17. The van der Waals surface area contributed by atoms with Gasteiger partial charge in [0.1, 0.15) is 6.54 Å². The lowest BCUT2D eigenvalue weighted by atomic mass is 10.2. The number of halogens is 1. The first-order valence-corrected chi connectivity index (χ1v) is 10.0. The summed E-state index contributed by atoms with van der Waals surface area (Å²) in [6.45, 7) is 3.84. The minimum Gasteiger partial charge on any atom is -0.381 e. The third-order valence-corrected chi connectivity index (χ3v) is 4.86. The fourth-order valence-electron chi connectivity index (χ4n) is 3.32. The molecule has 2 aromatic rings. The van der Waals surface area contributed by atoms with E-state index in [0.717, 1.165) is 44.2 Å². The van der Waals surface area contributed by atoms with E-state index in [0.29, 0.717) is 19.7 Å². The fraction of sp³-hybridized carbons (Fsp3) is 0.476. The molecule has 1 aromatic heterocycles. The van der Waals surface area contributed by atoms with Gasteiger partial charge in [0.25, 0.3) is 0 Å². The Morgan fingerprint density at radius 1 is 1.23 bits per heavy atom. The van der Waals surface area contributed by atoms with Crippen LogP contribution in [0.5, 0.6) is 0 Å². The first kappa shape index (κ1) is 24.1. The number of ether oxygens (including phenoxy) is 1. The Hall–Kier alpha value is -2.14.